The highest BCUT2D eigenvalue weighted by molar-refractivity contribution is 5.86. The second-order valence-electron chi connectivity index (χ2n) is 3.44. The van der Waals surface area contributed by atoms with E-state index in [1.54, 1.807) is 12.1 Å². The number of hydrogen-bond donors (Lipinski definition) is 0. The van der Waals surface area contributed by atoms with E-state index >= 15 is 0 Å². The van der Waals surface area contributed by atoms with Crippen LogP contribution in [0.3, 0.4) is 0 Å². The maximum atomic E-state index is 12.0. The van der Waals surface area contributed by atoms with Gasteiger partial charge < -0.3 is 4.74 Å². The molecule has 0 aliphatic heterocycles. The van der Waals surface area contributed by atoms with Crippen LogP contribution in [0.2, 0.25) is 0 Å². The van der Waals surface area contributed by atoms with Gasteiger partial charge in [0.1, 0.15) is 5.75 Å². The number of hydrogen-bond acceptors (Lipinski definition) is 3. The van der Waals surface area contributed by atoms with E-state index in [0.29, 0.717) is 16.5 Å². The quantitative estimate of drug-likeness (QED) is 0.604. The highest BCUT2D eigenvalue weighted by atomic mass is 19.4. The normalized spacial score (nSPS) is 11.1. The maximum absolute atomic E-state index is 12.0. The van der Waals surface area contributed by atoms with Crippen molar-refractivity contribution in [1.29, 1.82) is 0 Å². The molecule has 18 heavy (non-hydrogen) atoms. The predicted molar refractivity (Wildman–Crippen MR) is 58.4 cm³/mol. The van der Waals surface area contributed by atoms with E-state index in [1.165, 1.54) is 30.3 Å². The number of carbonyl (C=O) groups excluding carboxylic acids is 1. The van der Waals surface area contributed by atoms with Crippen molar-refractivity contribution in [2.24, 2.45) is 4.99 Å². The van der Waals surface area contributed by atoms with Crippen LogP contribution in [0, 0.1) is 0 Å². The lowest BCUT2D eigenvalue weighted by Crippen LogP contribution is -2.16. The molecular weight excluding hydrogens is 247 g/mol. The number of fused-ring (bicyclic) bond motifs is 1. The van der Waals surface area contributed by atoms with Gasteiger partial charge in [0, 0.05) is 0 Å². The van der Waals surface area contributed by atoms with Gasteiger partial charge in [0.25, 0.3) is 0 Å². The third-order valence-electron chi connectivity index (χ3n) is 2.20. The highest BCUT2D eigenvalue weighted by Crippen LogP contribution is 2.28. The minimum atomic E-state index is -4.71. The van der Waals surface area contributed by atoms with Crippen LogP contribution in [0.4, 0.5) is 18.9 Å². The van der Waals surface area contributed by atoms with Crippen LogP contribution in [0.1, 0.15) is 0 Å². The van der Waals surface area contributed by atoms with E-state index in [0.717, 1.165) is 0 Å². The molecule has 0 aliphatic rings. The molecule has 0 atom stereocenters. The van der Waals surface area contributed by atoms with Crippen molar-refractivity contribution in [2.45, 2.75) is 6.36 Å². The van der Waals surface area contributed by atoms with E-state index in [9.17, 15) is 18.0 Å². The lowest BCUT2D eigenvalue weighted by Gasteiger charge is -2.09. The van der Waals surface area contributed by atoms with Crippen molar-refractivity contribution >= 4 is 22.5 Å². The Morgan fingerprint density at radius 1 is 1.06 bits per heavy atom. The Balaban J connectivity index is 2.41. The summed E-state index contributed by atoms with van der Waals surface area (Å²) in [6.07, 6.45) is -3.32. The molecule has 0 saturated carbocycles. The molecule has 2 rings (SSSR count). The van der Waals surface area contributed by atoms with Gasteiger partial charge in [-0.2, -0.15) is 4.99 Å². The molecule has 0 amide bonds. The van der Waals surface area contributed by atoms with Gasteiger partial charge in [-0.3, -0.25) is 0 Å². The first-order valence-corrected chi connectivity index (χ1v) is 4.85. The minimum absolute atomic E-state index is 0.290. The van der Waals surface area contributed by atoms with Crippen molar-refractivity contribution in [3.63, 3.8) is 0 Å². The molecule has 0 saturated heterocycles. The third-order valence-corrected chi connectivity index (χ3v) is 2.20. The second-order valence-corrected chi connectivity index (χ2v) is 3.44. The molecule has 3 nitrogen and oxygen atoms in total. The van der Waals surface area contributed by atoms with E-state index < -0.39 is 6.36 Å². The van der Waals surface area contributed by atoms with E-state index in [2.05, 4.69) is 9.73 Å². The summed E-state index contributed by atoms with van der Waals surface area (Å²) in [6.45, 7) is 0. The number of alkyl halides is 3. The summed E-state index contributed by atoms with van der Waals surface area (Å²) in [6, 6.07) is 8.54. The summed E-state index contributed by atoms with van der Waals surface area (Å²) in [5.41, 5.74) is 0.391. The van der Waals surface area contributed by atoms with Gasteiger partial charge in [0.15, 0.2) is 0 Å². The van der Waals surface area contributed by atoms with Crippen molar-refractivity contribution in [1.82, 2.24) is 0 Å². The van der Waals surface area contributed by atoms with Crippen molar-refractivity contribution < 1.29 is 22.7 Å². The van der Waals surface area contributed by atoms with E-state index in [4.69, 9.17) is 0 Å². The average molecular weight is 253 g/mol. The molecule has 0 spiro atoms. The molecule has 0 aliphatic carbocycles. The lowest BCUT2D eigenvalue weighted by atomic mass is 10.1. The molecule has 6 heteroatoms. The van der Waals surface area contributed by atoms with Crippen LogP contribution in [0.15, 0.2) is 41.4 Å². The Morgan fingerprint density at radius 3 is 2.39 bits per heavy atom. The monoisotopic (exact) mass is 253 g/mol. The maximum Gasteiger partial charge on any atom is 0.573 e. The van der Waals surface area contributed by atoms with Crippen LogP contribution >= 0.6 is 0 Å². The lowest BCUT2D eigenvalue weighted by molar-refractivity contribution is -0.274. The predicted octanol–water partition coefficient (Wildman–Crippen LogP) is 3.71. The largest absolute Gasteiger partial charge is 0.573 e. The Hall–Kier alpha value is -2.33. The topological polar surface area (TPSA) is 38.7 Å². The van der Waals surface area contributed by atoms with Gasteiger partial charge in [-0.15, -0.1) is 13.2 Å². The zero-order valence-electron chi connectivity index (χ0n) is 8.86. The highest BCUT2D eigenvalue weighted by Gasteiger charge is 2.31. The van der Waals surface area contributed by atoms with Crippen LogP contribution < -0.4 is 4.74 Å². The van der Waals surface area contributed by atoms with Gasteiger partial charge >= 0.3 is 6.36 Å². The van der Waals surface area contributed by atoms with Crippen LogP contribution in [-0.2, 0) is 4.79 Å². The fourth-order valence-corrected chi connectivity index (χ4v) is 1.53. The van der Waals surface area contributed by atoms with Crippen LogP contribution in [-0.4, -0.2) is 12.4 Å². The van der Waals surface area contributed by atoms with Crippen molar-refractivity contribution in [2.75, 3.05) is 0 Å². The molecule has 2 aromatic carbocycles. The summed E-state index contributed by atoms with van der Waals surface area (Å²) < 4.78 is 39.9. The van der Waals surface area contributed by atoms with E-state index in [-0.39, 0.29) is 5.75 Å². The SMILES string of the molecule is O=C=Nc1ccc2cc(OC(F)(F)F)ccc2c1. The first-order chi connectivity index (χ1) is 8.48. The van der Waals surface area contributed by atoms with Gasteiger partial charge in [-0.1, -0.05) is 12.1 Å². The number of aliphatic imine (C=N–C) groups is 1. The van der Waals surface area contributed by atoms with Crippen LogP contribution in [0.5, 0.6) is 5.75 Å². The minimum Gasteiger partial charge on any atom is -0.406 e. The number of benzene rings is 2. The molecule has 92 valence electrons. The summed E-state index contributed by atoms with van der Waals surface area (Å²) in [5.74, 6) is -0.290. The molecular formula is C12H6F3NO2. The molecule has 0 N–H and O–H groups in total. The Kier molecular flexibility index (Phi) is 3.04. The van der Waals surface area contributed by atoms with Crippen LogP contribution in [0.25, 0.3) is 10.8 Å². The molecule has 0 aromatic heterocycles. The molecule has 0 heterocycles. The molecule has 0 radical (unpaired) electrons. The summed E-state index contributed by atoms with van der Waals surface area (Å²) in [5, 5.41) is 1.21. The third kappa shape index (κ3) is 2.87. The fraction of sp³-hybridized carbons (Fsp3) is 0.0833. The average Bonchev–Trinajstić information content (AvgIpc) is 2.27. The number of nitrogens with zero attached hydrogens (tertiary/aromatic N) is 1. The molecule has 0 unspecified atom stereocenters. The Labute approximate surface area is 99.5 Å². The number of halogens is 3. The first-order valence-electron chi connectivity index (χ1n) is 4.85. The first kappa shape index (κ1) is 12.1. The fourth-order valence-electron chi connectivity index (χ4n) is 1.53. The van der Waals surface area contributed by atoms with Gasteiger partial charge in [-0.05, 0) is 35.0 Å². The second kappa shape index (κ2) is 4.50. The summed E-state index contributed by atoms with van der Waals surface area (Å²) in [7, 11) is 0. The van der Waals surface area contributed by atoms with Gasteiger partial charge in [-0.25, -0.2) is 4.79 Å². The summed E-state index contributed by atoms with van der Waals surface area (Å²) >= 11 is 0. The van der Waals surface area contributed by atoms with Crippen molar-refractivity contribution in [3.8, 4) is 5.75 Å². The number of rotatable bonds is 2. The Bertz CT molecular complexity index is 631. The zero-order valence-corrected chi connectivity index (χ0v) is 8.86. The van der Waals surface area contributed by atoms with Gasteiger partial charge in [0.2, 0.25) is 6.08 Å². The Morgan fingerprint density at radius 2 is 1.72 bits per heavy atom. The smallest absolute Gasteiger partial charge is 0.406 e. The number of isocyanates is 1. The number of ether oxygens (including phenoxy) is 1. The molecule has 2 aromatic rings. The molecule has 0 bridgehead atoms. The molecule has 0 fully saturated rings. The summed E-state index contributed by atoms with van der Waals surface area (Å²) in [4.78, 5) is 13.5. The van der Waals surface area contributed by atoms with E-state index in [1.807, 2.05) is 0 Å². The standard InChI is InChI=1S/C12H6F3NO2/c13-12(14,15)18-11-4-2-8-5-10(16-7-17)3-1-9(8)6-11/h1-6H. The zero-order chi connectivity index (χ0) is 13.2. The van der Waals surface area contributed by atoms with Gasteiger partial charge in [0.05, 0.1) is 5.69 Å². The van der Waals surface area contributed by atoms with Crippen molar-refractivity contribution in [3.05, 3.63) is 36.4 Å².